The van der Waals surface area contributed by atoms with Crippen LogP contribution in [0.15, 0.2) is 79.4 Å². The van der Waals surface area contributed by atoms with Gasteiger partial charge < -0.3 is 25.6 Å². The SMILES string of the molecule is CC(SC1COC(c2ccc(C(=O)Nc3ccc(C(N)=O)cc3)cc2)OC1)C(O)(Cn1cncn1)c1ccc(F)cc1F. The van der Waals surface area contributed by atoms with Gasteiger partial charge in [0.05, 0.1) is 25.0 Å². The number of hydrogen-bond acceptors (Lipinski definition) is 8. The average Bonchev–Trinajstić information content (AvgIpc) is 3.50. The number of thioether (sulfide) groups is 1. The lowest BCUT2D eigenvalue weighted by molar-refractivity contribution is -0.180. The molecule has 43 heavy (non-hydrogen) atoms. The molecule has 0 bridgehead atoms. The third-order valence-corrected chi connectivity index (χ3v) is 8.53. The Bertz CT molecular complexity index is 1570. The highest BCUT2D eigenvalue weighted by Crippen LogP contribution is 2.39. The van der Waals surface area contributed by atoms with Gasteiger partial charge in [0.2, 0.25) is 5.91 Å². The van der Waals surface area contributed by atoms with E-state index in [4.69, 9.17) is 15.2 Å². The molecule has 1 saturated heterocycles. The van der Waals surface area contributed by atoms with Crippen molar-refractivity contribution in [2.24, 2.45) is 5.73 Å². The van der Waals surface area contributed by atoms with Crippen molar-refractivity contribution in [3.63, 3.8) is 0 Å². The minimum Gasteiger partial charge on any atom is -0.382 e. The Morgan fingerprint density at radius 2 is 1.77 bits per heavy atom. The summed E-state index contributed by atoms with van der Waals surface area (Å²) in [5, 5.41) is 17.8. The van der Waals surface area contributed by atoms with Crippen molar-refractivity contribution in [1.82, 2.24) is 14.8 Å². The Morgan fingerprint density at radius 3 is 2.37 bits per heavy atom. The van der Waals surface area contributed by atoms with Crippen molar-refractivity contribution in [3.05, 3.63) is 113 Å². The van der Waals surface area contributed by atoms with Gasteiger partial charge >= 0.3 is 0 Å². The number of nitrogens with zero attached hydrogens (tertiary/aromatic N) is 3. The van der Waals surface area contributed by atoms with Gasteiger partial charge in [-0.15, -0.1) is 11.8 Å². The second kappa shape index (κ2) is 13.0. The number of benzene rings is 3. The van der Waals surface area contributed by atoms with Crippen molar-refractivity contribution in [3.8, 4) is 0 Å². The summed E-state index contributed by atoms with van der Waals surface area (Å²) in [7, 11) is 0. The average molecular weight is 610 g/mol. The van der Waals surface area contributed by atoms with Gasteiger partial charge in [0.15, 0.2) is 6.29 Å². The molecule has 2 atom stereocenters. The summed E-state index contributed by atoms with van der Waals surface area (Å²) < 4.78 is 41.8. The number of hydrogen-bond donors (Lipinski definition) is 3. The number of aliphatic hydroxyl groups is 1. The first-order chi connectivity index (χ1) is 20.6. The zero-order chi connectivity index (χ0) is 30.6. The highest BCUT2D eigenvalue weighted by Gasteiger charge is 2.41. The Balaban J connectivity index is 1.19. The second-order valence-corrected chi connectivity index (χ2v) is 11.7. The number of primary amides is 1. The minimum atomic E-state index is -1.74. The van der Waals surface area contributed by atoms with Crippen LogP contribution in [0.5, 0.6) is 0 Å². The van der Waals surface area contributed by atoms with Gasteiger partial charge in [0, 0.05) is 39.3 Å². The molecule has 13 heteroatoms. The predicted octanol–water partition coefficient (Wildman–Crippen LogP) is 4.03. The number of amides is 2. The van der Waals surface area contributed by atoms with E-state index in [1.54, 1.807) is 43.3 Å². The molecule has 4 N–H and O–H groups in total. The number of carbonyl (C=O) groups is 2. The van der Waals surface area contributed by atoms with E-state index in [0.29, 0.717) is 16.8 Å². The fraction of sp³-hybridized carbons (Fsp3) is 0.267. The maximum absolute atomic E-state index is 14.8. The van der Waals surface area contributed by atoms with Gasteiger partial charge in [-0.05, 0) is 42.5 Å². The number of aromatic nitrogens is 3. The molecule has 224 valence electrons. The molecular weight excluding hydrogens is 580 g/mol. The van der Waals surface area contributed by atoms with E-state index in [9.17, 15) is 23.5 Å². The number of ether oxygens (including phenoxy) is 2. The molecule has 0 saturated carbocycles. The maximum atomic E-state index is 14.8. The van der Waals surface area contributed by atoms with Crippen LogP contribution in [0, 0.1) is 11.6 Å². The second-order valence-electron chi connectivity index (χ2n) is 10.1. The summed E-state index contributed by atoms with van der Waals surface area (Å²) >= 11 is 1.36. The summed E-state index contributed by atoms with van der Waals surface area (Å²) in [6.07, 6.45) is 2.07. The van der Waals surface area contributed by atoms with Crippen molar-refractivity contribution in [2.75, 3.05) is 18.5 Å². The summed E-state index contributed by atoms with van der Waals surface area (Å²) in [5.74, 6) is -2.48. The molecule has 5 rings (SSSR count). The fourth-order valence-electron chi connectivity index (χ4n) is 4.71. The van der Waals surface area contributed by atoms with Crippen molar-refractivity contribution in [1.29, 1.82) is 0 Å². The van der Waals surface area contributed by atoms with E-state index in [1.165, 1.54) is 47.3 Å². The minimum absolute atomic E-state index is 0.0493. The lowest BCUT2D eigenvalue weighted by Gasteiger charge is -2.37. The molecule has 2 heterocycles. The number of nitrogens with one attached hydrogen (secondary N) is 1. The van der Waals surface area contributed by atoms with Crippen LogP contribution in [-0.4, -0.2) is 55.4 Å². The molecule has 0 radical (unpaired) electrons. The van der Waals surface area contributed by atoms with E-state index in [1.807, 2.05) is 0 Å². The van der Waals surface area contributed by atoms with Crippen LogP contribution < -0.4 is 11.1 Å². The molecular formula is C30H29F2N5O5S. The molecule has 4 aromatic rings. The monoisotopic (exact) mass is 609 g/mol. The molecule has 2 unspecified atom stereocenters. The van der Waals surface area contributed by atoms with E-state index >= 15 is 0 Å². The summed E-state index contributed by atoms with van der Waals surface area (Å²) in [6, 6.07) is 16.1. The van der Waals surface area contributed by atoms with Crippen LogP contribution in [0.1, 0.15) is 45.1 Å². The van der Waals surface area contributed by atoms with Crippen molar-refractivity contribution in [2.45, 2.75) is 35.9 Å². The van der Waals surface area contributed by atoms with Gasteiger partial charge in [-0.25, -0.2) is 18.4 Å². The van der Waals surface area contributed by atoms with E-state index in [-0.39, 0.29) is 36.5 Å². The molecule has 0 spiro atoms. The maximum Gasteiger partial charge on any atom is 0.255 e. The first-order valence-electron chi connectivity index (χ1n) is 13.3. The summed E-state index contributed by atoms with van der Waals surface area (Å²) in [4.78, 5) is 27.8. The van der Waals surface area contributed by atoms with Gasteiger partial charge in [-0.3, -0.25) is 9.59 Å². The Hall–Kier alpha value is -4.17. The lowest BCUT2D eigenvalue weighted by atomic mass is 9.90. The molecule has 1 aliphatic heterocycles. The first-order valence-corrected chi connectivity index (χ1v) is 14.3. The molecule has 1 fully saturated rings. The molecule has 2 amide bonds. The number of nitrogens with two attached hydrogens (primary N) is 1. The van der Waals surface area contributed by atoms with Crippen LogP contribution in [0.3, 0.4) is 0 Å². The molecule has 10 nitrogen and oxygen atoms in total. The summed E-state index contributed by atoms with van der Waals surface area (Å²) in [6.45, 7) is 2.23. The normalized spacial score (nSPS) is 18.9. The molecule has 3 aromatic carbocycles. The predicted molar refractivity (Wildman–Crippen MR) is 155 cm³/mol. The lowest BCUT2D eigenvalue weighted by Crippen LogP contribution is -2.43. The largest absolute Gasteiger partial charge is 0.382 e. The third-order valence-electron chi connectivity index (χ3n) is 7.08. The first kappa shape index (κ1) is 30.3. The number of carbonyl (C=O) groups excluding carboxylic acids is 2. The van der Waals surface area contributed by atoms with E-state index < -0.39 is 34.7 Å². The standard InChI is InChI=1S/C30H29F2N5O5S/c1-18(30(40,15-37-17-34-16-35-37)25-11-8-22(31)12-26(25)32)43-24-13-41-29(42-14-24)21-4-2-20(3-5-21)28(39)36-23-9-6-19(7-10-23)27(33)38/h2-12,16-18,24,29,40H,13-15H2,1H3,(H2,33,38)(H,36,39). The zero-order valence-electron chi connectivity index (χ0n) is 23.0. The van der Waals surface area contributed by atoms with Crippen LogP contribution in [-0.2, 0) is 21.6 Å². The summed E-state index contributed by atoms with van der Waals surface area (Å²) in [5.41, 5.74) is 5.45. The van der Waals surface area contributed by atoms with Gasteiger partial charge in [0.25, 0.3) is 5.91 Å². The van der Waals surface area contributed by atoms with Gasteiger partial charge in [-0.2, -0.15) is 5.10 Å². The number of rotatable bonds is 10. The van der Waals surface area contributed by atoms with Crippen LogP contribution in [0.2, 0.25) is 0 Å². The quantitative estimate of drug-likeness (QED) is 0.245. The highest BCUT2D eigenvalue weighted by molar-refractivity contribution is 8.00. The van der Waals surface area contributed by atoms with Gasteiger partial charge in [-0.1, -0.05) is 25.1 Å². The van der Waals surface area contributed by atoms with Crippen LogP contribution >= 0.6 is 11.8 Å². The topological polar surface area (TPSA) is 142 Å². The van der Waals surface area contributed by atoms with Crippen LogP contribution in [0.25, 0.3) is 0 Å². The highest BCUT2D eigenvalue weighted by atomic mass is 32.2. The smallest absolute Gasteiger partial charge is 0.255 e. The number of anilines is 1. The Labute approximate surface area is 250 Å². The Morgan fingerprint density at radius 1 is 1.09 bits per heavy atom. The van der Waals surface area contributed by atoms with E-state index in [2.05, 4.69) is 15.4 Å². The molecule has 1 aliphatic rings. The molecule has 0 aliphatic carbocycles. The fourth-order valence-corrected chi connectivity index (χ4v) is 6.02. The van der Waals surface area contributed by atoms with Gasteiger partial charge in [0.1, 0.15) is 29.9 Å². The van der Waals surface area contributed by atoms with Crippen LogP contribution in [0.4, 0.5) is 14.5 Å². The number of halogens is 2. The van der Waals surface area contributed by atoms with Crippen molar-refractivity contribution >= 4 is 29.3 Å². The zero-order valence-corrected chi connectivity index (χ0v) is 23.8. The van der Waals surface area contributed by atoms with E-state index in [0.717, 1.165) is 17.7 Å². The van der Waals surface area contributed by atoms with Crippen molar-refractivity contribution < 1.29 is 33.0 Å². The Kier molecular flexibility index (Phi) is 9.16. The third kappa shape index (κ3) is 7.08. The molecule has 1 aromatic heterocycles.